The summed E-state index contributed by atoms with van der Waals surface area (Å²) in [7, 11) is 0. The third-order valence-electron chi connectivity index (χ3n) is 3.18. The van der Waals surface area contributed by atoms with E-state index in [1.54, 1.807) is 0 Å². The molecule has 0 amide bonds. The molecule has 18 heavy (non-hydrogen) atoms. The SMILES string of the molecule is CCn1c(Cc2c[nH]c3ccccc23)n[nH]c1=S. The molecule has 1 aromatic carbocycles. The maximum atomic E-state index is 5.20. The topological polar surface area (TPSA) is 49.4 Å². The van der Waals surface area contributed by atoms with Crippen LogP contribution >= 0.6 is 12.2 Å². The Bertz CT molecular complexity index is 735. The number of aromatic amines is 2. The second-order valence-corrected chi connectivity index (χ2v) is 4.61. The van der Waals surface area contributed by atoms with Crippen LogP contribution in [0.15, 0.2) is 30.5 Å². The van der Waals surface area contributed by atoms with E-state index in [0.29, 0.717) is 4.77 Å². The monoisotopic (exact) mass is 258 g/mol. The molecule has 2 heterocycles. The third-order valence-corrected chi connectivity index (χ3v) is 3.49. The first kappa shape index (κ1) is 11.2. The zero-order valence-corrected chi connectivity index (χ0v) is 10.9. The van der Waals surface area contributed by atoms with Gasteiger partial charge in [0.2, 0.25) is 0 Å². The van der Waals surface area contributed by atoms with Crippen LogP contribution in [0.5, 0.6) is 0 Å². The Kier molecular flexibility index (Phi) is 2.76. The number of H-pyrrole nitrogens is 2. The Morgan fingerprint density at radius 3 is 3.00 bits per heavy atom. The van der Waals surface area contributed by atoms with Crippen molar-refractivity contribution in [3.63, 3.8) is 0 Å². The van der Waals surface area contributed by atoms with Crippen LogP contribution in [-0.2, 0) is 13.0 Å². The number of benzene rings is 1. The van der Waals surface area contributed by atoms with Crippen LogP contribution in [0.3, 0.4) is 0 Å². The summed E-state index contributed by atoms with van der Waals surface area (Å²) in [5, 5.41) is 8.40. The van der Waals surface area contributed by atoms with E-state index in [9.17, 15) is 0 Å². The number of nitrogens with zero attached hydrogens (tertiary/aromatic N) is 2. The standard InChI is InChI=1S/C13H14N4S/c1-2-17-12(15-16-13(17)18)7-9-8-14-11-6-4-3-5-10(9)11/h3-6,8,14H,2,7H2,1H3,(H,16,18). The van der Waals surface area contributed by atoms with Gasteiger partial charge in [0, 0.05) is 30.1 Å². The second-order valence-electron chi connectivity index (χ2n) is 4.23. The molecule has 0 aliphatic heterocycles. The molecule has 0 bridgehead atoms. The molecule has 5 heteroatoms. The van der Waals surface area contributed by atoms with Crippen molar-refractivity contribution in [2.45, 2.75) is 19.9 Å². The summed E-state index contributed by atoms with van der Waals surface area (Å²) in [5.74, 6) is 0.979. The molecular formula is C13H14N4S. The number of rotatable bonds is 3. The van der Waals surface area contributed by atoms with E-state index in [4.69, 9.17) is 12.2 Å². The molecule has 0 aliphatic carbocycles. The molecule has 4 nitrogen and oxygen atoms in total. The Labute approximate surface area is 110 Å². The molecular weight excluding hydrogens is 244 g/mol. The van der Waals surface area contributed by atoms with Crippen molar-refractivity contribution in [3.05, 3.63) is 46.6 Å². The molecule has 0 aliphatic rings. The van der Waals surface area contributed by atoms with Gasteiger partial charge in [0.15, 0.2) is 4.77 Å². The summed E-state index contributed by atoms with van der Waals surface area (Å²) in [5.41, 5.74) is 2.40. The van der Waals surface area contributed by atoms with Gasteiger partial charge in [-0.25, -0.2) is 0 Å². The van der Waals surface area contributed by atoms with Crippen molar-refractivity contribution in [1.29, 1.82) is 0 Å². The third kappa shape index (κ3) is 1.76. The van der Waals surface area contributed by atoms with Gasteiger partial charge in [-0.05, 0) is 30.8 Å². The Balaban J connectivity index is 2.04. The van der Waals surface area contributed by atoms with Gasteiger partial charge in [-0.3, -0.25) is 5.10 Å². The number of hydrogen-bond donors (Lipinski definition) is 2. The number of aromatic nitrogens is 4. The summed E-state index contributed by atoms with van der Waals surface area (Å²) < 4.78 is 2.71. The minimum Gasteiger partial charge on any atom is -0.361 e. The summed E-state index contributed by atoms with van der Waals surface area (Å²) in [6.07, 6.45) is 2.83. The van der Waals surface area contributed by atoms with Gasteiger partial charge in [-0.15, -0.1) is 0 Å². The molecule has 3 rings (SSSR count). The average Bonchev–Trinajstić information content (AvgIpc) is 2.95. The van der Waals surface area contributed by atoms with E-state index in [1.165, 1.54) is 10.9 Å². The molecule has 0 saturated carbocycles. The number of hydrogen-bond acceptors (Lipinski definition) is 2. The molecule has 0 spiro atoms. The lowest BCUT2D eigenvalue weighted by Crippen LogP contribution is -2.02. The maximum absolute atomic E-state index is 5.20. The number of nitrogens with one attached hydrogen (secondary N) is 2. The predicted octanol–water partition coefficient (Wildman–Crippen LogP) is 3.03. The van der Waals surface area contributed by atoms with E-state index >= 15 is 0 Å². The minimum atomic E-state index is 0.687. The fraction of sp³-hybridized carbons (Fsp3) is 0.231. The van der Waals surface area contributed by atoms with Gasteiger partial charge in [-0.1, -0.05) is 18.2 Å². The highest BCUT2D eigenvalue weighted by molar-refractivity contribution is 7.71. The highest BCUT2D eigenvalue weighted by Gasteiger charge is 2.09. The first-order chi connectivity index (χ1) is 8.79. The second kappa shape index (κ2) is 4.42. The van der Waals surface area contributed by atoms with Crippen LogP contribution < -0.4 is 0 Å². The molecule has 0 fully saturated rings. The number of para-hydroxylation sites is 1. The van der Waals surface area contributed by atoms with E-state index in [1.807, 2.05) is 16.8 Å². The largest absolute Gasteiger partial charge is 0.361 e. The molecule has 0 unspecified atom stereocenters. The van der Waals surface area contributed by atoms with Gasteiger partial charge in [0.05, 0.1) is 0 Å². The Morgan fingerprint density at radius 1 is 1.33 bits per heavy atom. The fourth-order valence-electron chi connectivity index (χ4n) is 2.26. The van der Waals surface area contributed by atoms with Crippen LogP contribution in [-0.4, -0.2) is 19.7 Å². The Hall–Kier alpha value is -1.88. The molecule has 0 atom stereocenters. The maximum Gasteiger partial charge on any atom is 0.195 e. The quantitative estimate of drug-likeness (QED) is 0.709. The molecule has 2 N–H and O–H groups in total. The van der Waals surface area contributed by atoms with Crippen molar-refractivity contribution in [1.82, 2.24) is 19.7 Å². The molecule has 2 aromatic heterocycles. The Morgan fingerprint density at radius 2 is 2.17 bits per heavy atom. The van der Waals surface area contributed by atoms with Crippen LogP contribution in [0, 0.1) is 4.77 Å². The lowest BCUT2D eigenvalue weighted by atomic mass is 10.1. The van der Waals surface area contributed by atoms with E-state index in [0.717, 1.165) is 24.3 Å². The normalized spacial score (nSPS) is 11.2. The van der Waals surface area contributed by atoms with E-state index < -0.39 is 0 Å². The van der Waals surface area contributed by atoms with Crippen molar-refractivity contribution in [2.75, 3.05) is 0 Å². The molecule has 0 radical (unpaired) electrons. The average molecular weight is 258 g/mol. The lowest BCUT2D eigenvalue weighted by Gasteiger charge is -2.02. The summed E-state index contributed by atoms with van der Waals surface area (Å²) in [4.78, 5) is 3.28. The zero-order valence-electron chi connectivity index (χ0n) is 10.1. The van der Waals surface area contributed by atoms with Crippen molar-refractivity contribution in [3.8, 4) is 0 Å². The molecule has 3 aromatic rings. The van der Waals surface area contributed by atoms with Crippen LogP contribution in [0.1, 0.15) is 18.3 Å². The van der Waals surface area contributed by atoms with Crippen molar-refractivity contribution in [2.24, 2.45) is 0 Å². The summed E-state index contributed by atoms with van der Waals surface area (Å²) in [6.45, 7) is 2.91. The van der Waals surface area contributed by atoms with Gasteiger partial charge in [0.1, 0.15) is 5.82 Å². The highest BCUT2D eigenvalue weighted by Crippen LogP contribution is 2.20. The van der Waals surface area contributed by atoms with Gasteiger partial charge >= 0.3 is 0 Å². The minimum absolute atomic E-state index is 0.687. The predicted molar refractivity (Wildman–Crippen MR) is 74.2 cm³/mol. The van der Waals surface area contributed by atoms with Crippen molar-refractivity contribution < 1.29 is 0 Å². The van der Waals surface area contributed by atoms with E-state index in [2.05, 4.69) is 40.3 Å². The van der Waals surface area contributed by atoms with Gasteiger partial charge in [0.25, 0.3) is 0 Å². The van der Waals surface area contributed by atoms with Crippen LogP contribution in [0.2, 0.25) is 0 Å². The number of fused-ring (bicyclic) bond motifs is 1. The van der Waals surface area contributed by atoms with Gasteiger partial charge in [-0.2, -0.15) is 5.10 Å². The van der Waals surface area contributed by atoms with Crippen LogP contribution in [0.25, 0.3) is 10.9 Å². The lowest BCUT2D eigenvalue weighted by molar-refractivity contribution is 0.704. The smallest absolute Gasteiger partial charge is 0.195 e. The molecule has 0 saturated heterocycles. The van der Waals surface area contributed by atoms with Crippen LogP contribution in [0.4, 0.5) is 0 Å². The van der Waals surface area contributed by atoms with E-state index in [-0.39, 0.29) is 0 Å². The first-order valence-electron chi connectivity index (χ1n) is 5.98. The first-order valence-corrected chi connectivity index (χ1v) is 6.39. The molecule has 92 valence electrons. The summed E-state index contributed by atoms with van der Waals surface area (Å²) >= 11 is 5.20. The van der Waals surface area contributed by atoms with Gasteiger partial charge < -0.3 is 9.55 Å². The highest BCUT2D eigenvalue weighted by atomic mass is 32.1. The fourth-order valence-corrected chi connectivity index (χ4v) is 2.54. The summed E-state index contributed by atoms with van der Waals surface area (Å²) in [6, 6.07) is 8.29. The van der Waals surface area contributed by atoms with Crippen molar-refractivity contribution >= 4 is 23.1 Å². The zero-order chi connectivity index (χ0) is 12.5.